The first-order valence-electron chi connectivity index (χ1n) is 9.78. The molecule has 1 atom stereocenters. The number of benzene rings is 2. The lowest BCUT2D eigenvalue weighted by Crippen LogP contribution is -2.34. The summed E-state index contributed by atoms with van der Waals surface area (Å²) in [5.74, 6) is 0.108. The number of carbonyl (C=O) groups excluding carboxylic acids is 1. The molecular formula is C23H24FN3O. The third-order valence-electron chi connectivity index (χ3n) is 5.43. The number of carbonyl (C=O) groups is 1. The minimum Gasteiger partial charge on any atom is -0.338 e. The van der Waals surface area contributed by atoms with Crippen LogP contribution in [0.15, 0.2) is 67.3 Å². The van der Waals surface area contributed by atoms with Crippen LogP contribution in [0.3, 0.4) is 0 Å². The van der Waals surface area contributed by atoms with Gasteiger partial charge in [0.25, 0.3) is 5.91 Å². The molecule has 1 aromatic heterocycles. The molecule has 2 heterocycles. The van der Waals surface area contributed by atoms with Crippen molar-refractivity contribution in [3.8, 4) is 0 Å². The van der Waals surface area contributed by atoms with Gasteiger partial charge in [-0.2, -0.15) is 0 Å². The molecule has 0 bridgehead atoms. The lowest BCUT2D eigenvalue weighted by atomic mass is 9.94. The Labute approximate surface area is 164 Å². The summed E-state index contributed by atoms with van der Waals surface area (Å²) in [7, 11) is 0. The van der Waals surface area contributed by atoms with Crippen molar-refractivity contribution in [1.29, 1.82) is 0 Å². The second-order valence-corrected chi connectivity index (χ2v) is 7.43. The van der Waals surface area contributed by atoms with E-state index in [9.17, 15) is 9.18 Å². The second kappa shape index (κ2) is 8.38. The predicted molar refractivity (Wildman–Crippen MR) is 107 cm³/mol. The molecule has 0 unspecified atom stereocenters. The van der Waals surface area contributed by atoms with Crippen molar-refractivity contribution in [2.24, 2.45) is 0 Å². The molecule has 4 nitrogen and oxygen atoms in total. The molecule has 0 spiro atoms. The van der Waals surface area contributed by atoms with E-state index >= 15 is 0 Å². The first kappa shape index (κ1) is 18.4. The van der Waals surface area contributed by atoms with Crippen molar-refractivity contribution in [3.05, 3.63) is 89.8 Å². The van der Waals surface area contributed by atoms with Gasteiger partial charge in [0, 0.05) is 43.5 Å². The molecule has 1 aliphatic rings. The van der Waals surface area contributed by atoms with Crippen LogP contribution in [0.1, 0.15) is 46.7 Å². The SMILES string of the molecule is O=C(c1ccc(Cn2ccnc2)cc1)N1CCCC[C@H](c2ccc(F)cc2)C1. The van der Waals surface area contributed by atoms with Crippen molar-refractivity contribution in [2.75, 3.05) is 13.1 Å². The third kappa shape index (κ3) is 4.30. The van der Waals surface area contributed by atoms with E-state index in [2.05, 4.69) is 4.98 Å². The number of nitrogens with zero attached hydrogens (tertiary/aromatic N) is 3. The Hall–Kier alpha value is -2.95. The van der Waals surface area contributed by atoms with Crippen molar-refractivity contribution >= 4 is 5.91 Å². The number of imidazole rings is 1. The lowest BCUT2D eigenvalue weighted by Gasteiger charge is -2.25. The smallest absolute Gasteiger partial charge is 0.253 e. The highest BCUT2D eigenvalue weighted by molar-refractivity contribution is 5.94. The summed E-state index contributed by atoms with van der Waals surface area (Å²) in [4.78, 5) is 19.1. The topological polar surface area (TPSA) is 38.1 Å². The number of likely N-dealkylation sites (tertiary alicyclic amines) is 1. The fourth-order valence-electron chi connectivity index (χ4n) is 3.86. The summed E-state index contributed by atoms with van der Waals surface area (Å²) in [6.07, 6.45) is 8.57. The van der Waals surface area contributed by atoms with Crippen LogP contribution < -0.4 is 0 Å². The first-order valence-corrected chi connectivity index (χ1v) is 9.78. The van der Waals surface area contributed by atoms with Crippen LogP contribution >= 0.6 is 0 Å². The summed E-state index contributed by atoms with van der Waals surface area (Å²) in [5, 5.41) is 0. The van der Waals surface area contributed by atoms with Crippen molar-refractivity contribution < 1.29 is 9.18 Å². The monoisotopic (exact) mass is 377 g/mol. The number of rotatable bonds is 4. The normalized spacial score (nSPS) is 17.3. The van der Waals surface area contributed by atoms with Gasteiger partial charge in [-0.3, -0.25) is 4.79 Å². The molecule has 1 amide bonds. The van der Waals surface area contributed by atoms with E-state index < -0.39 is 0 Å². The van der Waals surface area contributed by atoms with E-state index in [0.29, 0.717) is 12.1 Å². The molecule has 4 rings (SSSR count). The number of hydrogen-bond acceptors (Lipinski definition) is 2. The third-order valence-corrected chi connectivity index (χ3v) is 5.43. The van der Waals surface area contributed by atoms with Gasteiger partial charge in [0.15, 0.2) is 0 Å². The van der Waals surface area contributed by atoms with Crippen LogP contribution in [-0.2, 0) is 6.54 Å². The minimum atomic E-state index is -0.221. The zero-order valence-corrected chi connectivity index (χ0v) is 15.8. The molecule has 3 aromatic rings. The van der Waals surface area contributed by atoms with Crippen molar-refractivity contribution in [1.82, 2.24) is 14.5 Å². The first-order chi connectivity index (χ1) is 13.7. The maximum atomic E-state index is 13.2. The summed E-state index contributed by atoms with van der Waals surface area (Å²) in [6.45, 7) is 2.19. The van der Waals surface area contributed by atoms with Crippen LogP contribution in [-0.4, -0.2) is 33.4 Å². The standard InChI is InChI=1S/C23H24FN3O/c24-22-10-8-19(9-11-22)21-3-1-2-13-27(16-21)23(28)20-6-4-18(5-7-20)15-26-14-12-25-17-26/h4-12,14,17,21H,1-3,13,15-16H2/t21-/m0/s1. The van der Waals surface area contributed by atoms with Crippen LogP contribution in [0.5, 0.6) is 0 Å². The Kier molecular flexibility index (Phi) is 5.51. The average Bonchev–Trinajstić information content (AvgIpc) is 3.10. The largest absolute Gasteiger partial charge is 0.338 e. The van der Waals surface area contributed by atoms with Gasteiger partial charge in [-0.25, -0.2) is 9.37 Å². The zero-order valence-electron chi connectivity index (χ0n) is 15.8. The van der Waals surface area contributed by atoms with Gasteiger partial charge in [-0.05, 0) is 48.2 Å². The number of hydrogen-bond donors (Lipinski definition) is 0. The molecule has 2 aromatic carbocycles. The van der Waals surface area contributed by atoms with Crippen LogP contribution in [0.2, 0.25) is 0 Å². The van der Waals surface area contributed by atoms with E-state index in [-0.39, 0.29) is 17.6 Å². The van der Waals surface area contributed by atoms with Gasteiger partial charge < -0.3 is 9.47 Å². The molecule has 144 valence electrons. The number of aromatic nitrogens is 2. The van der Waals surface area contributed by atoms with Crippen molar-refractivity contribution in [3.63, 3.8) is 0 Å². The fraction of sp³-hybridized carbons (Fsp3) is 0.304. The highest BCUT2D eigenvalue weighted by Gasteiger charge is 2.24. The summed E-state index contributed by atoms with van der Waals surface area (Å²) in [6, 6.07) is 14.5. The summed E-state index contributed by atoms with van der Waals surface area (Å²) >= 11 is 0. The summed E-state index contributed by atoms with van der Waals surface area (Å²) < 4.78 is 15.2. The molecule has 28 heavy (non-hydrogen) atoms. The number of amides is 1. The maximum Gasteiger partial charge on any atom is 0.253 e. The lowest BCUT2D eigenvalue weighted by molar-refractivity contribution is 0.0754. The Morgan fingerprint density at radius 1 is 1.07 bits per heavy atom. The molecule has 1 aliphatic heterocycles. The Bertz CT molecular complexity index is 904. The van der Waals surface area contributed by atoms with Crippen LogP contribution in [0, 0.1) is 5.82 Å². The molecule has 0 aliphatic carbocycles. The van der Waals surface area contributed by atoms with Gasteiger partial charge in [0.1, 0.15) is 5.82 Å². The van der Waals surface area contributed by atoms with E-state index in [1.165, 1.54) is 12.1 Å². The van der Waals surface area contributed by atoms with Gasteiger partial charge in [0.2, 0.25) is 0 Å². The van der Waals surface area contributed by atoms with E-state index in [0.717, 1.165) is 43.5 Å². The number of halogens is 1. The minimum absolute atomic E-state index is 0.0724. The fourth-order valence-corrected chi connectivity index (χ4v) is 3.86. The van der Waals surface area contributed by atoms with Gasteiger partial charge in [-0.15, -0.1) is 0 Å². The Morgan fingerprint density at radius 3 is 2.57 bits per heavy atom. The molecule has 1 fully saturated rings. The molecule has 1 saturated heterocycles. The van der Waals surface area contributed by atoms with Crippen molar-refractivity contribution in [2.45, 2.75) is 31.7 Å². The quantitative estimate of drug-likeness (QED) is 0.672. The summed E-state index contributed by atoms with van der Waals surface area (Å²) in [5.41, 5.74) is 2.96. The van der Waals surface area contributed by atoms with Gasteiger partial charge >= 0.3 is 0 Å². The van der Waals surface area contributed by atoms with Gasteiger partial charge in [0.05, 0.1) is 6.33 Å². The molecule has 0 saturated carbocycles. The van der Waals surface area contributed by atoms with Crippen LogP contribution in [0.4, 0.5) is 4.39 Å². The predicted octanol–water partition coefficient (Wildman–Crippen LogP) is 4.48. The average molecular weight is 377 g/mol. The molecule has 0 radical (unpaired) electrons. The van der Waals surface area contributed by atoms with E-state index in [4.69, 9.17) is 0 Å². The maximum absolute atomic E-state index is 13.2. The Morgan fingerprint density at radius 2 is 1.86 bits per heavy atom. The highest BCUT2D eigenvalue weighted by atomic mass is 19.1. The molecule has 0 N–H and O–H groups in total. The van der Waals surface area contributed by atoms with Gasteiger partial charge in [-0.1, -0.05) is 30.7 Å². The Balaban J connectivity index is 1.46. The molecule has 5 heteroatoms. The molecular weight excluding hydrogens is 353 g/mol. The van der Waals surface area contributed by atoms with E-state index in [1.54, 1.807) is 12.5 Å². The van der Waals surface area contributed by atoms with E-state index in [1.807, 2.05) is 52.1 Å². The zero-order chi connectivity index (χ0) is 19.3. The second-order valence-electron chi connectivity index (χ2n) is 7.43. The van der Waals surface area contributed by atoms with Crippen LogP contribution in [0.25, 0.3) is 0 Å². The highest BCUT2D eigenvalue weighted by Crippen LogP contribution is 2.27.